The molecule has 104 valence electrons. The summed E-state index contributed by atoms with van der Waals surface area (Å²) >= 11 is 5.03. The molecule has 0 aliphatic rings. The van der Waals surface area contributed by atoms with E-state index < -0.39 is 0 Å². The van der Waals surface area contributed by atoms with Gasteiger partial charge >= 0.3 is 0 Å². The normalized spacial score (nSPS) is 11.9. The van der Waals surface area contributed by atoms with E-state index in [1.54, 1.807) is 11.8 Å². The van der Waals surface area contributed by atoms with Crippen LogP contribution in [0.3, 0.4) is 0 Å². The van der Waals surface area contributed by atoms with E-state index in [4.69, 9.17) is 0 Å². The van der Waals surface area contributed by atoms with Gasteiger partial charge in [-0.3, -0.25) is 4.79 Å². The van der Waals surface area contributed by atoms with Crippen LogP contribution in [0.1, 0.15) is 12.5 Å². The number of thioether (sulfide) groups is 1. The fraction of sp³-hybridized carbons (Fsp3) is 0.188. The summed E-state index contributed by atoms with van der Waals surface area (Å²) in [6, 6.07) is 17.8. The number of hydrogen-bond donors (Lipinski definition) is 1. The van der Waals surface area contributed by atoms with Crippen molar-refractivity contribution in [1.82, 2.24) is 0 Å². The predicted octanol–water partition coefficient (Wildman–Crippen LogP) is 4.71. The largest absolute Gasteiger partial charge is 0.325 e. The van der Waals surface area contributed by atoms with Crippen LogP contribution < -0.4 is 5.32 Å². The van der Waals surface area contributed by atoms with Gasteiger partial charge in [-0.2, -0.15) is 0 Å². The first-order valence-corrected chi connectivity index (χ1v) is 8.21. The number of carbonyl (C=O) groups excluding carboxylic acids is 1. The van der Waals surface area contributed by atoms with Gasteiger partial charge in [0.1, 0.15) is 0 Å². The Morgan fingerprint density at radius 3 is 2.65 bits per heavy atom. The molecule has 0 spiro atoms. The maximum Gasteiger partial charge on any atom is 0.237 e. The highest BCUT2D eigenvalue weighted by atomic mass is 79.9. The minimum absolute atomic E-state index is 0.0315. The molecule has 0 bridgehead atoms. The van der Waals surface area contributed by atoms with Gasteiger partial charge in [0.05, 0.1) is 5.25 Å². The molecule has 1 atom stereocenters. The van der Waals surface area contributed by atoms with Crippen LogP contribution in [-0.4, -0.2) is 11.2 Å². The van der Waals surface area contributed by atoms with Gasteiger partial charge in [-0.25, -0.2) is 0 Å². The average molecular weight is 350 g/mol. The molecule has 0 aliphatic heterocycles. The Bertz CT molecular complexity index is 574. The second-order valence-corrected chi connectivity index (χ2v) is 6.68. The van der Waals surface area contributed by atoms with Crippen molar-refractivity contribution >= 4 is 39.3 Å². The summed E-state index contributed by atoms with van der Waals surface area (Å²) in [6.45, 7) is 1.93. The number of amides is 1. The molecule has 2 aromatic rings. The van der Waals surface area contributed by atoms with Gasteiger partial charge in [0.15, 0.2) is 0 Å². The van der Waals surface area contributed by atoms with Gasteiger partial charge in [0, 0.05) is 15.9 Å². The lowest BCUT2D eigenvalue weighted by Crippen LogP contribution is -2.22. The molecule has 1 amide bonds. The molecule has 0 saturated heterocycles. The molecule has 20 heavy (non-hydrogen) atoms. The van der Waals surface area contributed by atoms with Crippen LogP contribution >= 0.6 is 27.7 Å². The van der Waals surface area contributed by atoms with Crippen LogP contribution in [-0.2, 0) is 10.5 Å². The molecule has 2 rings (SSSR count). The third kappa shape index (κ3) is 4.69. The fourth-order valence-corrected chi connectivity index (χ4v) is 2.93. The van der Waals surface area contributed by atoms with Gasteiger partial charge in [-0.1, -0.05) is 52.3 Å². The third-order valence-electron chi connectivity index (χ3n) is 2.80. The number of benzene rings is 2. The Balaban J connectivity index is 1.86. The lowest BCUT2D eigenvalue weighted by molar-refractivity contribution is -0.115. The van der Waals surface area contributed by atoms with Crippen LogP contribution in [0.4, 0.5) is 5.69 Å². The topological polar surface area (TPSA) is 29.1 Å². The predicted molar refractivity (Wildman–Crippen MR) is 90.0 cm³/mol. The van der Waals surface area contributed by atoms with Crippen LogP contribution in [0.5, 0.6) is 0 Å². The Morgan fingerprint density at radius 1 is 1.20 bits per heavy atom. The van der Waals surface area contributed by atoms with Crippen molar-refractivity contribution < 1.29 is 4.79 Å². The van der Waals surface area contributed by atoms with E-state index in [0.717, 1.165) is 15.9 Å². The number of nitrogens with one attached hydrogen (secondary N) is 1. The van der Waals surface area contributed by atoms with Gasteiger partial charge in [-0.15, -0.1) is 11.8 Å². The van der Waals surface area contributed by atoms with E-state index in [-0.39, 0.29) is 11.2 Å². The van der Waals surface area contributed by atoms with Gasteiger partial charge < -0.3 is 5.32 Å². The second-order valence-electron chi connectivity index (χ2n) is 4.44. The minimum Gasteiger partial charge on any atom is -0.325 e. The third-order valence-corrected chi connectivity index (χ3v) is 4.51. The summed E-state index contributed by atoms with van der Waals surface area (Å²) in [5.74, 6) is 0.873. The molecule has 0 heterocycles. The smallest absolute Gasteiger partial charge is 0.237 e. The van der Waals surface area contributed by atoms with Crippen LogP contribution in [0.25, 0.3) is 0 Å². The van der Waals surface area contributed by atoms with E-state index >= 15 is 0 Å². The Hall–Kier alpha value is -1.26. The van der Waals surface area contributed by atoms with Crippen molar-refractivity contribution in [3.05, 3.63) is 64.6 Å². The van der Waals surface area contributed by atoms with Crippen molar-refractivity contribution in [3.8, 4) is 0 Å². The Kier molecular flexibility index (Phi) is 5.68. The molecule has 0 aromatic heterocycles. The monoisotopic (exact) mass is 349 g/mol. The van der Waals surface area contributed by atoms with Crippen molar-refractivity contribution in [2.24, 2.45) is 0 Å². The average Bonchev–Trinajstić information content (AvgIpc) is 2.46. The lowest BCUT2D eigenvalue weighted by Gasteiger charge is -2.12. The minimum atomic E-state index is -0.0887. The highest BCUT2D eigenvalue weighted by Gasteiger charge is 2.13. The second kappa shape index (κ2) is 7.50. The first kappa shape index (κ1) is 15.1. The molecule has 0 fully saturated rings. The maximum atomic E-state index is 12.1. The molecule has 2 aromatic carbocycles. The molecular formula is C16H16BrNOS. The van der Waals surface area contributed by atoms with Crippen LogP contribution in [0.15, 0.2) is 59.1 Å². The standard InChI is InChI=1S/C16H16BrNOS/c1-12(20-11-13-6-3-2-4-7-13)16(19)18-15-9-5-8-14(17)10-15/h2-10,12H,11H2,1H3,(H,18,19)/t12-/m0/s1. The van der Waals surface area contributed by atoms with Crippen molar-refractivity contribution in [2.75, 3.05) is 5.32 Å². The van der Waals surface area contributed by atoms with E-state index in [2.05, 4.69) is 33.4 Å². The number of anilines is 1. The zero-order chi connectivity index (χ0) is 14.4. The first-order chi connectivity index (χ1) is 9.65. The summed E-state index contributed by atoms with van der Waals surface area (Å²) in [6.07, 6.45) is 0. The summed E-state index contributed by atoms with van der Waals surface area (Å²) in [5, 5.41) is 2.84. The summed E-state index contributed by atoms with van der Waals surface area (Å²) in [7, 11) is 0. The van der Waals surface area contributed by atoms with E-state index in [0.29, 0.717) is 0 Å². The fourth-order valence-electron chi connectivity index (χ4n) is 1.68. The molecule has 4 heteroatoms. The zero-order valence-corrected chi connectivity index (χ0v) is 13.6. The zero-order valence-electron chi connectivity index (χ0n) is 11.2. The highest BCUT2D eigenvalue weighted by molar-refractivity contribution is 9.10. The molecular weight excluding hydrogens is 334 g/mol. The number of halogens is 1. The summed E-state index contributed by atoms with van der Waals surface area (Å²) in [4.78, 5) is 12.1. The lowest BCUT2D eigenvalue weighted by atomic mass is 10.2. The molecule has 0 unspecified atom stereocenters. The van der Waals surface area contributed by atoms with E-state index in [1.165, 1.54) is 5.56 Å². The molecule has 0 saturated carbocycles. The highest BCUT2D eigenvalue weighted by Crippen LogP contribution is 2.20. The van der Waals surface area contributed by atoms with E-state index in [9.17, 15) is 4.79 Å². The number of rotatable bonds is 5. The number of hydrogen-bond acceptors (Lipinski definition) is 2. The summed E-state index contributed by atoms with van der Waals surface area (Å²) in [5.41, 5.74) is 2.05. The van der Waals surface area contributed by atoms with E-state index in [1.807, 2.05) is 49.4 Å². The van der Waals surface area contributed by atoms with Crippen LogP contribution in [0.2, 0.25) is 0 Å². The SMILES string of the molecule is C[C@H](SCc1ccccc1)C(=O)Nc1cccc(Br)c1. The molecule has 0 aliphatic carbocycles. The first-order valence-electron chi connectivity index (χ1n) is 6.37. The van der Waals surface area contributed by atoms with Gasteiger partial charge in [-0.05, 0) is 30.7 Å². The van der Waals surface area contributed by atoms with Crippen LogP contribution in [0, 0.1) is 0 Å². The molecule has 2 nitrogen and oxygen atoms in total. The Labute approximate surface area is 132 Å². The van der Waals surface area contributed by atoms with Crippen molar-refractivity contribution in [2.45, 2.75) is 17.9 Å². The van der Waals surface area contributed by atoms with Crippen molar-refractivity contribution in [3.63, 3.8) is 0 Å². The molecule has 1 N–H and O–H groups in total. The van der Waals surface area contributed by atoms with Gasteiger partial charge in [0.25, 0.3) is 0 Å². The van der Waals surface area contributed by atoms with Gasteiger partial charge in [0.2, 0.25) is 5.91 Å². The summed E-state index contributed by atoms with van der Waals surface area (Å²) < 4.78 is 0.958. The maximum absolute atomic E-state index is 12.1. The molecule has 0 radical (unpaired) electrons. The van der Waals surface area contributed by atoms with Crippen molar-refractivity contribution in [1.29, 1.82) is 0 Å². The number of carbonyl (C=O) groups is 1. The Morgan fingerprint density at radius 2 is 1.95 bits per heavy atom. The quantitative estimate of drug-likeness (QED) is 0.846.